The summed E-state index contributed by atoms with van der Waals surface area (Å²) in [6, 6.07) is 0. The molecule has 5 heteroatoms. The molecule has 1 aliphatic carbocycles. The van der Waals surface area contributed by atoms with Crippen molar-refractivity contribution in [3.63, 3.8) is 0 Å². The molecule has 0 radical (unpaired) electrons. The molecule has 0 spiro atoms. The maximum atomic E-state index is 12.4. The average molecular weight is 366 g/mol. The fourth-order valence-electron chi connectivity index (χ4n) is 5.37. The van der Waals surface area contributed by atoms with E-state index in [9.17, 15) is 9.59 Å². The normalized spacial score (nSPS) is 36.9. The largest absolute Gasteiger partial charge is 0.465 e. The number of carbonyl (C=O) groups excluding carboxylic acids is 2. The van der Waals surface area contributed by atoms with Crippen LogP contribution in [0.2, 0.25) is 0 Å². The third-order valence-corrected chi connectivity index (χ3v) is 6.80. The van der Waals surface area contributed by atoms with Crippen LogP contribution in [0.3, 0.4) is 0 Å². The first-order valence-corrected chi connectivity index (χ1v) is 10.5. The van der Waals surface area contributed by atoms with Crippen LogP contribution in [0, 0.1) is 23.7 Å². The molecule has 3 aliphatic rings. The topological polar surface area (TPSA) is 61.8 Å². The van der Waals surface area contributed by atoms with Crippen LogP contribution in [-0.4, -0.2) is 36.9 Å². The van der Waals surface area contributed by atoms with Gasteiger partial charge in [-0.3, -0.25) is 9.59 Å². The minimum atomic E-state index is -0.349. The third-order valence-electron chi connectivity index (χ3n) is 6.80. The molecule has 0 aromatic carbocycles. The lowest BCUT2D eigenvalue weighted by Gasteiger charge is -2.27. The van der Waals surface area contributed by atoms with Gasteiger partial charge in [0.25, 0.3) is 0 Å². The van der Waals surface area contributed by atoms with Crippen molar-refractivity contribution in [1.29, 1.82) is 0 Å². The van der Waals surface area contributed by atoms with Gasteiger partial charge < -0.3 is 14.2 Å². The molecule has 2 bridgehead atoms. The number of ether oxygens (including phenoxy) is 3. The maximum absolute atomic E-state index is 12.4. The van der Waals surface area contributed by atoms with E-state index in [1.54, 1.807) is 0 Å². The van der Waals surface area contributed by atoms with Gasteiger partial charge in [0.2, 0.25) is 0 Å². The summed E-state index contributed by atoms with van der Waals surface area (Å²) < 4.78 is 17.0. The Labute approximate surface area is 157 Å². The lowest BCUT2D eigenvalue weighted by molar-refractivity contribution is -0.158. The summed E-state index contributed by atoms with van der Waals surface area (Å²) >= 11 is 0. The molecule has 0 amide bonds. The molecule has 0 N–H and O–H groups in total. The van der Waals surface area contributed by atoms with E-state index < -0.39 is 0 Å². The van der Waals surface area contributed by atoms with Crippen LogP contribution in [0.1, 0.15) is 72.1 Å². The van der Waals surface area contributed by atoms with Gasteiger partial charge in [-0.1, -0.05) is 26.7 Å². The van der Waals surface area contributed by atoms with Gasteiger partial charge in [0.1, 0.15) is 6.10 Å². The van der Waals surface area contributed by atoms with Gasteiger partial charge in [0.15, 0.2) is 0 Å². The molecule has 2 aliphatic heterocycles. The summed E-state index contributed by atoms with van der Waals surface area (Å²) in [5, 5.41) is 0. The molecule has 0 aromatic heterocycles. The minimum Gasteiger partial charge on any atom is -0.465 e. The quantitative estimate of drug-likeness (QED) is 0.610. The van der Waals surface area contributed by atoms with Crippen LogP contribution in [0.15, 0.2) is 0 Å². The Balaban J connectivity index is 1.53. The molecule has 1 saturated carbocycles. The summed E-state index contributed by atoms with van der Waals surface area (Å²) in [5.41, 5.74) is 0. The zero-order chi connectivity index (χ0) is 18.7. The van der Waals surface area contributed by atoms with Gasteiger partial charge in [-0.15, -0.1) is 0 Å². The monoisotopic (exact) mass is 366 g/mol. The fourth-order valence-corrected chi connectivity index (χ4v) is 5.37. The predicted molar refractivity (Wildman–Crippen MR) is 97.4 cm³/mol. The number of rotatable bonds is 8. The summed E-state index contributed by atoms with van der Waals surface area (Å²) in [6.07, 6.45) is 8.12. The molecule has 2 heterocycles. The summed E-state index contributed by atoms with van der Waals surface area (Å²) in [7, 11) is 0. The molecule has 148 valence electrons. The van der Waals surface area contributed by atoms with Gasteiger partial charge in [-0.25, -0.2) is 0 Å². The Bertz CT molecular complexity index is 505. The van der Waals surface area contributed by atoms with Crippen molar-refractivity contribution in [1.82, 2.24) is 0 Å². The van der Waals surface area contributed by atoms with Crippen LogP contribution in [-0.2, 0) is 23.8 Å². The molecular formula is C21H34O5. The van der Waals surface area contributed by atoms with E-state index in [1.165, 1.54) is 13.3 Å². The highest BCUT2D eigenvalue weighted by Crippen LogP contribution is 2.43. The highest BCUT2D eigenvalue weighted by atomic mass is 16.6. The van der Waals surface area contributed by atoms with E-state index >= 15 is 0 Å². The molecule has 0 aromatic rings. The van der Waals surface area contributed by atoms with Crippen molar-refractivity contribution in [3.8, 4) is 0 Å². The van der Waals surface area contributed by atoms with E-state index in [1.807, 2.05) is 0 Å². The average Bonchev–Trinajstić information content (AvgIpc) is 3.33. The summed E-state index contributed by atoms with van der Waals surface area (Å²) in [6.45, 7) is 6.27. The second-order valence-corrected chi connectivity index (χ2v) is 8.48. The molecule has 7 unspecified atom stereocenters. The van der Waals surface area contributed by atoms with Crippen LogP contribution in [0.5, 0.6) is 0 Å². The van der Waals surface area contributed by atoms with E-state index in [2.05, 4.69) is 13.8 Å². The van der Waals surface area contributed by atoms with Crippen LogP contribution < -0.4 is 0 Å². The van der Waals surface area contributed by atoms with E-state index in [0.717, 1.165) is 38.5 Å². The van der Waals surface area contributed by atoms with Gasteiger partial charge in [0.05, 0.1) is 25.2 Å². The smallest absolute Gasteiger partial charge is 0.309 e. The Morgan fingerprint density at radius 2 is 1.88 bits per heavy atom. The van der Waals surface area contributed by atoms with Gasteiger partial charge in [0, 0.05) is 12.8 Å². The number of hydrogen-bond donors (Lipinski definition) is 0. The molecular weight excluding hydrogens is 332 g/mol. The third kappa shape index (κ3) is 4.59. The first kappa shape index (κ1) is 19.7. The number of carbonyl (C=O) groups is 2. The molecule has 2 saturated heterocycles. The molecule has 7 atom stereocenters. The number of hydrogen-bond acceptors (Lipinski definition) is 5. The van der Waals surface area contributed by atoms with Crippen molar-refractivity contribution >= 4 is 11.9 Å². The van der Waals surface area contributed by atoms with Crippen molar-refractivity contribution in [2.45, 2.75) is 90.4 Å². The van der Waals surface area contributed by atoms with Crippen molar-refractivity contribution in [2.75, 3.05) is 6.61 Å². The highest BCUT2D eigenvalue weighted by molar-refractivity contribution is 5.71. The number of fused-ring (bicyclic) bond motifs is 2. The second kappa shape index (κ2) is 8.73. The first-order valence-electron chi connectivity index (χ1n) is 10.5. The molecule has 3 fully saturated rings. The van der Waals surface area contributed by atoms with Crippen LogP contribution in [0.25, 0.3) is 0 Å². The van der Waals surface area contributed by atoms with Gasteiger partial charge in [-0.05, 0) is 49.9 Å². The zero-order valence-corrected chi connectivity index (χ0v) is 16.4. The second-order valence-electron chi connectivity index (χ2n) is 8.48. The van der Waals surface area contributed by atoms with Crippen LogP contribution in [0.4, 0.5) is 0 Å². The van der Waals surface area contributed by atoms with E-state index in [4.69, 9.17) is 14.2 Å². The van der Waals surface area contributed by atoms with E-state index in [-0.39, 0.29) is 36.5 Å². The molecule has 26 heavy (non-hydrogen) atoms. The summed E-state index contributed by atoms with van der Waals surface area (Å²) in [5.74, 6) is 1.26. The lowest BCUT2D eigenvalue weighted by atomic mass is 9.87. The van der Waals surface area contributed by atoms with Gasteiger partial charge >= 0.3 is 11.9 Å². The minimum absolute atomic E-state index is 0.179. The maximum Gasteiger partial charge on any atom is 0.309 e. The van der Waals surface area contributed by atoms with Crippen molar-refractivity contribution in [3.05, 3.63) is 0 Å². The fraction of sp³-hybridized carbons (Fsp3) is 0.905. The number of esters is 2. The van der Waals surface area contributed by atoms with Crippen molar-refractivity contribution in [2.24, 2.45) is 23.7 Å². The summed E-state index contributed by atoms with van der Waals surface area (Å²) in [4.78, 5) is 24.0. The van der Waals surface area contributed by atoms with E-state index in [0.29, 0.717) is 30.5 Å². The first-order chi connectivity index (χ1) is 12.5. The van der Waals surface area contributed by atoms with Crippen molar-refractivity contribution < 1.29 is 23.8 Å². The molecule has 5 nitrogen and oxygen atoms in total. The Morgan fingerprint density at radius 1 is 1.08 bits per heavy atom. The Kier molecular flexibility index (Phi) is 6.60. The molecule has 3 rings (SSSR count). The highest BCUT2D eigenvalue weighted by Gasteiger charge is 2.42. The lowest BCUT2D eigenvalue weighted by Crippen LogP contribution is -2.32. The van der Waals surface area contributed by atoms with Gasteiger partial charge in [-0.2, -0.15) is 0 Å². The zero-order valence-electron chi connectivity index (χ0n) is 16.4. The standard InChI is InChI=1S/C21H34O5/c1-4-14-8-15(5-2)18(9-14)20(25-13(3)22)11-21(23)24-12-16-10-17-6-7-19(16)26-17/h14-20H,4-12H2,1-3H3. The Hall–Kier alpha value is -1.10. The Morgan fingerprint density at radius 3 is 2.46 bits per heavy atom. The predicted octanol–water partition coefficient (Wildman–Crippen LogP) is 3.88. The SMILES string of the molecule is CCC1CC(CC)C(C(CC(=O)OCC2CC3CCC2O3)OC(C)=O)C1. The van der Waals surface area contributed by atoms with Crippen LogP contribution >= 0.6 is 0 Å².